The normalized spacial score (nSPS) is 19.0. The molecule has 0 radical (unpaired) electrons. The van der Waals surface area contributed by atoms with E-state index < -0.39 is 36.0 Å². The van der Waals surface area contributed by atoms with E-state index in [2.05, 4.69) is 0 Å². The van der Waals surface area contributed by atoms with Gasteiger partial charge in [-0.2, -0.15) is 0 Å². The molecule has 0 aromatic heterocycles. The number of hydrogen-bond donors (Lipinski definition) is 0. The SMILES string of the molecule is COc1cc([C@@H](OC(C)=O)[C@@H]2CO[C@@H](c3cc(OC)c(OC)c(OC)c3)[C@@H]2COC(C)=O)cc(OC)c1OC. The lowest BCUT2D eigenvalue weighted by atomic mass is 9.82. The van der Waals surface area contributed by atoms with Crippen LogP contribution >= 0.6 is 0 Å². The van der Waals surface area contributed by atoms with E-state index in [0.29, 0.717) is 40.1 Å². The zero-order valence-electron chi connectivity index (χ0n) is 23.5. The molecule has 11 heteroatoms. The number of carbonyl (C=O) groups excluding carboxylic acids is 2. The lowest BCUT2D eigenvalue weighted by Gasteiger charge is -2.30. The van der Waals surface area contributed by atoms with Gasteiger partial charge in [-0.3, -0.25) is 9.59 Å². The third-order valence-electron chi connectivity index (χ3n) is 6.60. The lowest BCUT2D eigenvalue weighted by molar-refractivity contribution is -0.153. The van der Waals surface area contributed by atoms with Crippen molar-refractivity contribution in [1.82, 2.24) is 0 Å². The molecule has 0 N–H and O–H groups in total. The second kappa shape index (κ2) is 13.3. The summed E-state index contributed by atoms with van der Waals surface area (Å²) >= 11 is 0. The smallest absolute Gasteiger partial charge is 0.303 e. The van der Waals surface area contributed by atoms with Crippen molar-refractivity contribution in [3.05, 3.63) is 35.4 Å². The Hall–Kier alpha value is -3.86. The number of benzene rings is 2. The molecule has 1 heterocycles. The molecule has 0 amide bonds. The highest BCUT2D eigenvalue weighted by atomic mass is 16.6. The molecule has 1 fully saturated rings. The molecule has 0 bridgehead atoms. The van der Waals surface area contributed by atoms with Crippen LogP contribution in [0.2, 0.25) is 0 Å². The van der Waals surface area contributed by atoms with Crippen molar-refractivity contribution in [2.45, 2.75) is 26.1 Å². The van der Waals surface area contributed by atoms with E-state index in [1.54, 1.807) is 24.3 Å². The first-order valence-electron chi connectivity index (χ1n) is 12.2. The first-order chi connectivity index (χ1) is 18.7. The van der Waals surface area contributed by atoms with Gasteiger partial charge in [0.1, 0.15) is 6.10 Å². The molecule has 4 atom stereocenters. The fraction of sp³-hybridized carbons (Fsp3) is 0.500. The molecule has 1 saturated heterocycles. The third kappa shape index (κ3) is 6.42. The summed E-state index contributed by atoms with van der Waals surface area (Å²) in [4.78, 5) is 24.1. The van der Waals surface area contributed by atoms with Gasteiger partial charge in [-0.05, 0) is 29.8 Å². The Morgan fingerprint density at radius 3 is 1.67 bits per heavy atom. The fourth-order valence-electron chi connectivity index (χ4n) is 4.88. The molecule has 1 aliphatic rings. The summed E-state index contributed by atoms with van der Waals surface area (Å²) in [7, 11) is 9.08. The highest BCUT2D eigenvalue weighted by Gasteiger charge is 2.45. The molecule has 0 unspecified atom stereocenters. The molecule has 214 valence electrons. The second-order valence-electron chi connectivity index (χ2n) is 8.83. The lowest BCUT2D eigenvalue weighted by Crippen LogP contribution is -2.29. The van der Waals surface area contributed by atoms with Crippen LogP contribution in [-0.4, -0.2) is 67.8 Å². The number of ether oxygens (including phenoxy) is 9. The maximum absolute atomic E-state index is 12.3. The first kappa shape index (κ1) is 29.7. The number of methoxy groups -OCH3 is 6. The zero-order chi connectivity index (χ0) is 28.7. The van der Waals surface area contributed by atoms with Gasteiger partial charge in [0.2, 0.25) is 11.5 Å². The van der Waals surface area contributed by atoms with Gasteiger partial charge in [0, 0.05) is 31.2 Å². The summed E-state index contributed by atoms with van der Waals surface area (Å²) in [6.45, 7) is 2.88. The van der Waals surface area contributed by atoms with Crippen molar-refractivity contribution in [2.24, 2.45) is 11.8 Å². The molecule has 0 saturated carbocycles. The monoisotopic (exact) mass is 548 g/mol. The maximum atomic E-state index is 12.3. The van der Waals surface area contributed by atoms with E-state index in [-0.39, 0.29) is 13.2 Å². The van der Waals surface area contributed by atoms with Crippen LogP contribution in [0.3, 0.4) is 0 Å². The van der Waals surface area contributed by atoms with E-state index in [0.717, 1.165) is 5.56 Å². The number of carbonyl (C=O) groups is 2. The minimum atomic E-state index is -0.788. The van der Waals surface area contributed by atoms with Crippen LogP contribution in [0, 0.1) is 11.8 Å². The van der Waals surface area contributed by atoms with E-state index in [4.69, 9.17) is 42.6 Å². The van der Waals surface area contributed by atoms with Gasteiger partial charge < -0.3 is 42.6 Å². The zero-order valence-corrected chi connectivity index (χ0v) is 23.5. The number of rotatable bonds is 12. The summed E-state index contributed by atoms with van der Waals surface area (Å²) in [5.41, 5.74) is 1.32. The fourth-order valence-corrected chi connectivity index (χ4v) is 4.88. The van der Waals surface area contributed by atoms with Gasteiger partial charge in [0.05, 0.1) is 62.0 Å². The van der Waals surface area contributed by atoms with E-state index in [1.807, 2.05) is 0 Å². The van der Waals surface area contributed by atoms with E-state index in [1.165, 1.54) is 56.5 Å². The quantitative estimate of drug-likeness (QED) is 0.359. The highest BCUT2D eigenvalue weighted by Crippen LogP contribution is 2.50. The van der Waals surface area contributed by atoms with Crippen LogP contribution in [-0.2, 0) is 23.8 Å². The van der Waals surface area contributed by atoms with Gasteiger partial charge in [0.15, 0.2) is 23.0 Å². The minimum Gasteiger partial charge on any atom is -0.493 e. The summed E-state index contributed by atoms with van der Waals surface area (Å²) in [6.07, 6.45) is -1.34. The van der Waals surface area contributed by atoms with Gasteiger partial charge >= 0.3 is 11.9 Å². The second-order valence-corrected chi connectivity index (χ2v) is 8.83. The summed E-state index contributed by atoms with van der Waals surface area (Å²) in [5, 5.41) is 0. The summed E-state index contributed by atoms with van der Waals surface area (Å²) in [6, 6.07) is 7.03. The molecule has 0 spiro atoms. The van der Waals surface area contributed by atoms with E-state index >= 15 is 0 Å². The Balaban J connectivity index is 2.12. The van der Waals surface area contributed by atoms with Crippen LogP contribution in [0.5, 0.6) is 34.5 Å². The number of hydrogen-bond acceptors (Lipinski definition) is 11. The molecule has 39 heavy (non-hydrogen) atoms. The van der Waals surface area contributed by atoms with Crippen molar-refractivity contribution >= 4 is 11.9 Å². The van der Waals surface area contributed by atoms with Gasteiger partial charge in [-0.1, -0.05) is 0 Å². The van der Waals surface area contributed by atoms with Crippen LogP contribution in [0.25, 0.3) is 0 Å². The molecular weight excluding hydrogens is 512 g/mol. The molecule has 3 rings (SSSR count). The predicted molar refractivity (Wildman–Crippen MR) is 139 cm³/mol. The van der Waals surface area contributed by atoms with E-state index in [9.17, 15) is 9.59 Å². The average Bonchev–Trinajstić information content (AvgIpc) is 3.36. The van der Waals surface area contributed by atoms with Crippen molar-refractivity contribution < 1.29 is 52.2 Å². The minimum absolute atomic E-state index is 0.0174. The van der Waals surface area contributed by atoms with Crippen molar-refractivity contribution in [2.75, 3.05) is 55.9 Å². The van der Waals surface area contributed by atoms with Crippen molar-refractivity contribution in [1.29, 1.82) is 0 Å². The highest BCUT2D eigenvalue weighted by molar-refractivity contribution is 5.67. The summed E-state index contributed by atoms with van der Waals surface area (Å²) < 4.78 is 50.6. The molecule has 2 aromatic carbocycles. The topological polar surface area (TPSA) is 117 Å². The van der Waals surface area contributed by atoms with Crippen molar-refractivity contribution in [3.8, 4) is 34.5 Å². The summed E-state index contributed by atoms with van der Waals surface area (Å²) in [5.74, 6) is 0.779. The first-order valence-corrected chi connectivity index (χ1v) is 12.2. The van der Waals surface area contributed by atoms with Gasteiger partial charge in [-0.15, -0.1) is 0 Å². The molecule has 1 aliphatic heterocycles. The Morgan fingerprint density at radius 1 is 0.769 bits per heavy atom. The van der Waals surface area contributed by atoms with Crippen LogP contribution in [0.4, 0.5) is 0 Å². The van der Waals surface area contributed by atoms with Crippen LogP contribution in [0.1, 0.15) is 37.2 Å². The largest absolute Gasteiger partial charge is 0.493 e. The Kier molecular flexibility index (Phi) is 10.1. The van der Waals surface area contributed by atoms with Crippen LogP contribution < -0.4 is 28.4 Å². The number of esters is 2. The van der Waals surface area contributed by atoms with Gasteiger partial charge in [-0.25, -0.2) is 0 Å². The molecular formula is C28H36O11. The Labute approximate surface area is 228 Å². The molecule has 0 aliphatic carbocycles. The van der Waals surface area contributed by atoms with Crippen molar-refractivity contribution in [3.63, 3.8) is 0 Å². The van der Waals surface area contributed by atoms with Crippen LogP contribution in [0.15, 0.2) is 24.3 Å². The average molecular weight is 549 g/mol. The standard InChI is InChI=1S/C28H36O11/c1-15(29)37-13-19-20(14-38-25(19)17-9-21(31-3)27(35-7)22(10-17)32-4)26(39-16(2)30)18-11-23(33-5)28(36-8)24(12-18)34-6/h9-12,19-20,25-26H,13-14H2,1-8H3/t19-,20-,25+,26-/m1/s1. The third-order valence-corrected chi connectivity index (χ3v) is 6.60. The Bertz CT molecular complexity index is 1110. The maximum Gasteiger partial charge on any atom is 0.303 e. The molecule has 11 nitrogen and oxygen atoms in total. The predicted octanol–water partition coefficient (Wildman–Crippen LogP) is 3.91. The Morgan fingerprint density at radius 2 is 1.26 bits per heavy atom. The molecule has 2 aromatic rings. The van der Waals surface area contributed by atoms with Gasteiger partial charge in [0.25, 0.3) is 0 Å².